The van der Waals surface area contributed by atoms with Crippen molar-refractivity contribution in [2.75, 3.05) is 11.5 Å². The Morgan fingerprint density at radius 3 is 2.00 bits per heavy atom. The Morgan fingerprint density at radius 1 is 0.944 bits per heavy atom. The summed E-state index contributed by atoms with van der Waals surface area (Å²) in [6.45, 7) is 6.99. The molecule has 1 heterocycles. The van der Waals surface area contributed by atoms with Gasteiger partial charge in [0.15, 0.2) is 9.84 Å². The van der Waals surface area contributed by atoms with Crippen LogP contribution in [0.5, 0.6) is 0 Å². The fourth-order valence-corrected chi connectivity index (χ4v) is 5.07. The molecular formula is C14H27NO2S. The van der Waals surface area contributed by atoms with E-state index in [1.165, 1.54) is 25.7 Å². The number of rotatable bonds is 2. The highest BCUT2D eigenvalue weighted by Crippen LogP contribution is 2.37. The summed E-state index contributed by atoms with van der Waals surface area (Å²) in [4.78, 5) is 0. The van der Waals surface area contributed by atoms with Gasteiger partial charge < -0.3 is 5.32 Å². The first-order valence-electron chi connectivity index (χ1n) is 7.23. The molecule has 1 aliphatic carbocycles. The van der Waals surface area contributed by atoms with Gasteiger partial charge in [0.2, 0.25) is 0 Å². The number of nitrogens with one attached hydrogen (secondary N) is 1. The van der Waals surface area contributed by atoms with Crippen LogP contribution in [0, 0.1) is 11.3 Å². The van der Waals surface area contributed by atoms with E-state index in [-0.39, 0.29) is 6.04 Å². The van der Waals surface area contributed by atoms with Crippen molar-refractivity contribution in [3.8, 4) is 0 Å². The van der Waals surface area contributed by atoms with Crippen LogP contribution in [-0.4, -0.2) is 32.0 Å². The van der Waals surface area contributed by atoms with E-state index in [9.17, 15) is 8.42 Å². The van der Waals surface area contributed by atoms with E-state index >= 15 is 0 Å². The van der Waals surface area contributed by atoms with Gasteiger partial charge in [-0.2, -0.15) is 0 Å². The Kier molecular flexibility index (Phi) is 4.07. The second kappa shape index (κ2) is 5.12. The van der Waals surface area contributed by atoms with Crippen molar-refractivity contribution in [3.05, 3.63) is 0 Å². The van der Waals surface area contributed by atoms with E-state index in [1.807, 2.05) is 0 Å². The first kappa shape index (κ1) is 14.3. The molecule has 1 aliphatic heterocycles. The summed E-state index contributed by atoms with van der Waals surface area (Å²) in [6, 6.07) is 0.757. The summed E-state index contributed by atoms with van der Waals surface area (Å²) in [5.74, 6) is 1.55. The molecule has 2 fully saturated rings. The minimum Gasteiger partial charge on any atom is -0.310 e. The Morgan fingerprint density at radius 2 is 1.56 bits per heavy atom. The Bertz CT molecular complexity index is 375. The van der Waals surface area contributed by atoms with Crippen LogP contribution in [0.15, 0.2) is 0 Å². The standard InChI is InChI=1S/C14H27NO2S/c1-14(2,3)11-4-6-12(7-5-11)15-13-8-9-18(16,17)10-13/h11-13,15H,4-10H2,1-3H3. The molecule has 0 bridgehead atoms. The third kappa shape index (κ3) is 3.70. The van der Waals surface area contributed by atoms with Gasteiger partial charge in [-0.25, -0.2) is 8.42 Å². The molecule has 0 radical (unpaired) electrons. The molecule has 1 saturated carbocycles. The van der Waals surface area contributed by atoms with Gasteiger partial charge in [-0.05, 0) is 43.4 Å². The maximum Gasteiger partial charge on any atom is 0.151 e. The summed E-state index contributed by atoms with van der Waals surface area (Å²) in [6.07, 6.45) is 5.78. The molecule has 18 heavy (non-hydrogen) atoms. The van der Waals surface area contributed by atoms with Gasteiger partial charge in [0.05, 0.1) is 11.5 Å². The minimum atomic E-state index is -2.74. The van der Waals surface area contributed by atoms with Crippen LogP contribution in [-0.2, 0) is 9.84 Å². The number of sulfone groups is 1. The first-order valence-corrected chi connectivity index (χ1v) is 9.05. The molecule has 1 unspecified atom stereocenters. The second-order valence-electron chi connectivity index (χ2n) is 7.18. The van der Waals surface area contributed by atoms with Crippen molar-refractivity contribution in [3.63, 3.8) is 0 Å². The lowest BCUT2D eigenvalue weighted by atomic mass is 9.71. The molecule has 0 aromatic heterocycles. The van der Waals surface area contributed by atoms with Crippen LogP contribution in [0.25, 0.3) is 0 Å². The highest BCUT2D eigenvalue weighted by atomic mass is 32.2. The van der Waals surface area contributed by atoms with Gasteiger partial charge in [-0.1, -0.05) is 20.8 Å². The molecule has 2 aliphatic rings. The number of hydrogen-bond acceptors (Lipinski definition) is 3. The van der Waals surface area contributed by atoms with Gasteiger partial charge in [0.1, 0.15) is 0 Å². The van der Waals surface area contributed by atoms with E-state index in [2.05, 4.69) is 26.1 Å². The van der Waals surface area contributed by atoms with Crippen molar-refractivity contribution in [2.24, 2.45) is 11.3 Å². The van der Waals surface area contributed by atoms with Gasteiger partial charge in [0.25, 0.3) is 0 Å². The van der Waals surface area contributed by atoms with Crippen molar-refractivity contribution >= 4 is 9.84 Å². The second-order valence-corrected chi connectivity index (χ2v) is 9.41. The molecule has 106 valence electrons. The van der Waals surface area contributed by atoms with Gasteiger partial charge >= 0.3 is 0 Å². The summed E-state index contributed by atoms with van der Waals surface area (Å²) >= 11 is 0. The van der Waals surface area contributed by atoms with Crippen molar-refractivity contribution < 1.29 is 8.42 Å². The van der Waals surface area contributed by atoms with Gasteiger partial charge in [-0.3, -0.25) is 0 Å². The Balaban J connectivity index is 1.78. The highest BCUT2D eigenvalue weighted by Gasteiger charge is 2.33. The SMILES string of the molecule is CC(C)(C)C1CCC(NC2CCS(=O)(=O)C2)CC1. The summed E-state index contributed by atoms with van der Waals surface area (Å²) in [7, 11) is -2.74. The zero-order chi connectivity index (χ0) is 13.4. The van der Waals surface area contributed by atoms with E-state index in [0.29, 0.717) is 23.0 Å². The predicted octanol–water partition coefficient (Wildman–Crippen LogP) is 2.37. The normalized spacial score (nSPS) is 36.7. The maximum absolute atomic E-state index is 11.4. The van der Waals surface area contributed by atoms with Crippen molar-refractivity contribution in [2.45, 2.75) is 65.0 Å². The lowest BCUT2D eigenvalue weighted by Gasteiger charge is -2.38. The van der Waals surface area contributed by atoms with Crippen LogP contribution >= 0.6 is 0 Å². The molecule has 1 N–H and O–H groups in total. The molecule has 0 spiro atoms. The molecule has 1 atom stereocenters. The van der Waals surface area contributed by atoms with E-state index in [1.54, 1.807) is 0 Å². The summed E-state index contributed by atoms with van der Waals surface area (Å²) in [5.41, 5.74) is 0.418. The zero-order valence-electron chi connectivity index (χ0n) is 11.9. The fraction of sp³-hybridized carbons (Fsp3) is 1.00. The largest absolute Gasteiger partial charge is 0.310 e. The van der Waals surface area contributed by atoms with Crippen molar-refractivity contribution in [1.29, 1.82) is 0 Å². The minimum absolute atomic E-state index is 0.214. The highest BCUT2D eigenvalue weighted by molar-refractivity contribution is 7.91. The average molecular weight is 273 g/mol. The maximum atomic E-state index is 11.4. The van der Waals surface area contributed by atoms with E-state index < -0.39 is 9.84 Å². The third-order valence-corrected chi connectivity index (χ3v) is 6.42. The fourth-order valence-electron chi connectivity index (χ4n) is 3.39. The van der Waals surface area contributed by atoms with Crippen LogP contribution in [0.2, 0.25) is 0 Å². The van der Waals surface area contributed by atoms with E-state index in [4.69, 9.17) is 0 Å². The van der Waals surface area contributed by atoms with Crippen LogP contribution in [0.3, 0.4) is 0 Å². The van der Waals surface area contributed by atoms with Crippen LogP contribution in [0.1, 0.15) is 52.9 Å². The van der Waals surface area contributed by atoms with Crippen molar-refractivity contribution in [1.82, 2.24) is 5.32 Å². The summed E-state index contributed by atoms with van der Waals surface area (Å²) in [5, 5.41) is 3.57. The lowest BCUT2D eigenvalue weighted by Crippen LogP contribution is -2.42. The topological polar surface area (TPSA) is 46.2 Å². The summed E-state index contributed by atoms with van der Waals surface area (Å²) < 4.78 is 22.9. The number of hydrogen-bond donors (Lipinski definition) is 1. The molecule has 1 saturated heterocycles. The predicted molar refractivity (Wildman–Crippen MR) is 75.4 cm³/mol. The quantitative estimate of drug-likeness (QED) is 0.840. The van der Waals surface area contributed by atoms with E-state index in [0.717, 1.165) is 12.3 Å². The lowest BCUT2D eigenvalue weighted by molar-refractivity contribution is 0.157. The first-order chi connectivity index (χ1) is 8.26. The van der Waals surface area contributed by atoms with Crippen LogP contribution in [0.4, 0.5) is 0 Å². The third-order valence-electron chi connectivity index (χ3n) is 4.66. The Labute approximate surface area is 112 Å². The monoisotopic (exact) mass is 273 g/mol. The average Bonchev–Trinajstić information content (AvgIpc) is 2.57. The smallest absolute Gasteiger partial charge is 0.151 e. The van der Waals surface area contributed by atoms with Gasteiger partial charge in [0, 0.05) is 12.1 Å². The van der Waals surface area contributed by atoms with Crippen LogP contribution < -0.4 is 5.32 Å². The molecular weight excluding hydrogens is 246 g/mol. The molecule has 2 rings (SSSR count). The molecule has 0 amide bonds. The zero-order valence-corrected chi connectivity index (χ0v) is 12.7. The van der Waals surface area contributed by atoms with Gasteiger partial charge in [-0.15, -0.1) is 0 Å². The molecule has 3 nitrogen and oxygen atoms in total. The molecule has 0 aromatic carbocycles. The Hall–Kier alpha value is -0.0900. The molecule has 0 aromatic rings. The molecule has 4 heteroatoms.